The molecule has 0 spiro atoms. The molecule has 0 bridgehead atoms. The summed E-state index contributed by atoms with van der Waals surface area (Å²) in [7, 11) is 0. The van der Waals surface area contributed by atoms with Crippen LogP contribution in [-0.4, -0.2) is 6.54 Å². The predicted molar refractivity (Wildman–Crippen MR) is 60.3 cm³/mol. The highest BCUT2D eigenvalue weighted by Crippen LogP contribution is 2.31. The van der Waals surface area contributed by atoms with Crippen molar-refractivity contribution >= 4 is 0 Å². The van der Waals surface area contributed by atoms with Crippen LogP contribution >= 0.6 is 0 Å². The van der Waals surface area contributed by atoms with Crippen LogP contribution in [0.3, 0.4) is 0 Å². The van der Waals surface area contributed by atoms with Gasteiger partial charge in [-0.2, -0.15) is 0 Å². The molecule has 0 radical (unpaired) electrons. The van der Waals surface area contributed by atoms with E-state index in [1.807, 2.05) is 0 Å². The first kappa shape index (κ1) is 9.72. The van der Waals surface area contributed by atoms with Crippen molar-refractivity contribution in [1.29, 1.82) is 0 Å². The molecular weight excluding hydrogens is 170 g/mol. The molecule has 0 aliphatic heterocycles. The van der Waals surface area contributed by atoms with Gasteiger partial charge in [0.2, 0.25) is 0 Å². The summed E-state index contributed by atoms with van der Waals surface area (Å²) in [5.41, 5.74) is 10.2. The van der Waals surface area contributed by atoms with E-state index in [1.54, 1.807) is 11.1 Å². The Hall–Kier alpha value is -0.820. The van der Waals surface area contributed by atoms with Gasteiger partial charge in [0.25, 0.3) is 0 Å². The Morgan fingerprint density at radius 1 is 1.36 bits per heavy atom. The van der Waals surface area contributed by atoms with Gasteiger partial charge < -0.3 is 5.73 Å². The SMILES string of the molecule is Cc1ccc2c(c1)CC(C(C)CN)C2. The van der Waals surface area contributed by atoms with Crippen molar-refractivity contribution in [1.82, 2.24) is 0 Å². The molecule has 0 heterocycles. The summed E-state index contributed by atoms with van der Waals surface area (Å²) in [5.74, 6) is 1.43. The molecule has 0 aromatic heterocycles. The fourth-order valence-electron chi connectivity index (χ4n) is 2.38. The molecule has 1 nitrogen and oxygen atoms in total. The van der Waals surface area contributed by atoms with E-state index < -0.39 is 0 Å². The van der Waals surface area contributed by atoms with Crippen LogP contribution in [0, 0.1) is 18.8 Å². The maximum Gasteiger partial charge on any atom is -0.00486 e. The zero-order chi connectivity index (χ0) is 10.1. The monoisotopic (exact) mass is 189 g/mol. The summed E-state index contributed by atoms with van der Waals surface area (Å²) >= 11 is 0. The number of nitrogens with two attached hydrogens (primary N) is 1. The third-order valence-electron chi connectivity index (χ3n) is 3.50. The minimum absolute atomic E-state index is 0.655. The van der Waals surface area contributed by atoms with Gasteiger partial charge in [-0.1, -0.05) is 30.7 Å². The lowest BCUT2D eigenvalue weighted by molar-refractivity contribution is 0.382. The molecule has 2 unspecified atom stereocenters. The van der Waals surface area contributed by atoms with E-state index in [0.29, 0.717) is 5.92 Å². The predicted octanol–water partition coefficient (Wildman–Crippen LogP) is 2.30. The Balaban J connectivity index is 2.17. The highest BCUT2D eigenvalue weighted by molar-refractivity contribution is 5.35. The lowest BCUT2D eigenvalue weighted by Crippen LogP contribution is -2.20. The summed E-state index contributed by atoms with van der Waals surface area (Å²) in [6.07, 6.45) is 2.46. The van der Waals surface area contributed by atoms with Crippen LogP contribution in [0.25, 0.3) is 0 Å². The molecule has 1 aromatic carbocycles. The lowest BCUT2D eigenvalue weighted by atomic mass is 9.91. The molecule has 1 heteroatoms. The van der Waals surface area contributed by atoms with Crippen molar-refractivity contribution < 1.29 is 0 Å². The average Bonchev–Trinajstić information content (AvgIpc) is 2.59. The molecule has 1 aromatic rings. The van der Waals surface area contributed by atoms with Crippen molar-refractivity contribution in [3.63, 3.8) is 0 Å². The van der Waals surface area contributed by atoms with Crippen molar-refractivity contribution in [3.8, 4) is 0 Å². The molecule has 0 saturated carbocycles. The van der Waals surface area contributed by atoms with E-state index in [2.05, 4.69) is 32.0 Å². The highest BCUT2D eigenvalue weighted by Gasteiger charge is 2.24. The molecular formula is C13H19N. The normalized spacial score (nSPS) is 22.1. The molecule has 0 amide bonds. The molecule has 2 N–H and O–H groups in total. The lowest BCUT2D eigenvalue weighted by Gasteiger charge is -2.15. The van der Waals surface area contributed by atoms with E-state index in [-0.39, 0.29) is 0 Å². The third kappa shape index (κ3) is 1.69. The van der Waals surface area contributed by atoms with E-state index >= 15 is 0 Å². The minimum atomic E-state index is 0.655. The standard InChI is InChI=1S/C13H19N/c1-9-3-4-11-6-12(10(2)8-14)7-13(11)5-9/h3-5,10,12H,6-8,14H2,1-2H3. The van der Waals surface area contributed by atoms with Gasteiger partial charge in [0, 0.05) is 0 Å². The summed E-state index contributed by atoms with van der Waals surface area (Å²) in [5, 5.41) is 0. The summed E-state index contributed by atoms with van der Waals surface area (Å²) in [6.45, 7) is 5.25. The topological polar surface area (TPSA) is 26.0 Å². The molecule has 0 fully saturated rings. The number of fused-ring (bicyclic) bond motifs is 1. The van der Waals surface area contributed by atoms with Gasteiger partial charge in [0.15, 0.2) is 0 Å². The molecule has 14 heavy (non-hydrogen) atoms. The van der Waals surface area contributed by atoms with Gasteiger partial charge in [0.1, 0.15) is 0 Å². The van der Waals surface area contributed by atoms with Gasteiger partial charge >= 0.3 is 0 Å². The van der Waals surface area contributed by atoms with E-state index in [1.165, 1.54) is 18.4 Å². The summed E-state index contributed by atoms with van der Waals surface area (Å²) < 4.78 is 0. The van der Waals surface area contributed by atoms with Gasteiger partial charge in [-0.25, -0.2) is 0 Å². The number of hydrogen-bond donors (Lipinski definition) is 1. The molecule has 1 aliphatic carbocycles. The Kier molecular flexibility index (Phi) is 2.60. The zero-order valence-corrected chi connectivity index (χ0v) is 9.09. The van der Waals surface area contributed by atoms with E-state index in [4.69, 9.17) is 5.73 Å². The number of benzene rings is 1. The number of hydrogen-bond acceptors (Lipinski definition) is 1. The van der Waals surface area contributed by atoms with Crippen LogP contribution in [0.5, 0.6) is 0 Å². The van der Waals surface area contributed by atoms with Crippen molar-refractivity contribution in [2.45, 2.75) is 26.7 Å². The van der Waals surface area contributed by atoms with Crippen molar-refractivity contribution in [3.05, 3.63) is 34.9 Å². The van der Waals surface area contributed by atoms with Crippen LogP contribution in [0.15, 0.2) is 18.2 Å². The van der Waals surface area contributed by atoms with Gasteiger partial charge in [-0.15, -0.1) is 0 Å². The van der Waals surface area contributed by atoms with E-state index in [0.717, 1.165) is 12.5 Å². The Labute approximate surface area is 86.3 Å². The molecule has 2 atom stereocenters. The Morgan fingerprint density at radius 2 is 2.07 bits per heavy atom. The second-order valence-corrected chi connectivity index (χ2v) is 4.65. The second-order valence-electron chi connectivity index (χ2n) is 4.65. The Bertz CT molecular complexity index is 330. The van der Waals surface area contributed by atoms with Crippen molar-refractivity contribution in [2.75, 3.05) is 6.54 Å². The summed E-state index contributed by atoms with van der Waals surface area (Å²) in [4.78, 5) is 0. The number of rotatable bonds is 2. The first-order valence-corrected chi connectivity index (χ1v) is 5.49. The largest absolute Gasteiger partial charge is 0.330 e. The second kappa shape index (κ2) is 3.74. The first-order valence-electron chi connectivity index (χ1n) is 5.49. The van der Waals surface area contributed by atoms with E-state index in [9.17, 15) is 0 Å². The van der Waals surface area contributed by atoms with Crippen LogP contribution < -0.4 is 5.73 Å². The quantitative estimate of drug-likeness (QED) is 0.759. The van der Waals surface area contributed by atoms with Crippen LogP contribution in [-0.2, 0) is 12.8 Å². The zero-order valence-electron chi connectivity index (χ0n) is 9.09. The van der Waals surface area contributed by atoms with Gasteiger partial charge in [-0.3, -0.25) is 0 Å². The maximum absolute atomic E-state index is 5.72. The average molecular weight is 189 g/mol. The minimum Gasteiger partial charge on any atom is -0.330 e. The van der Waals surface area contributed by atoms with Crippen LogP contribution in [0.1, 0.15) is 23.6 Å². The highest BCUT2D eigenvalue weighted by atomic mass is 14.6. The summed E-state index contributed by atoms with van der Waals surface area (Å²) in [6, 6.07) is 6.83. The van der Waals surface area contributed by atoms with Crippen LogP contribution in [0.2, 0.25) is 0 Å². The van der Waals surface area contributed by atoms with Gasteiger partial charge in [-0.05, 0) is 49.3 Å². The number of aryl methyl sites for hydroxylation is 1. The molecule has 76 valence electrons. The van der Waals surface area contributed by atoms with Crippen LogP contribution in [0.4, 0.5) is 0 Å². The maximum atomic E-state index is 5.72. The molecule has 2 rings (SSSR count). The third-order valence-corrected chi connectivity index (χ3v) is 3.50. The smallest absolute Gasteiger partial charge is 0.00486 e. The molecule has 1 aliphatic rings. The first-order chi connectivity index (χ1) is 6.70. The Morgan fingerprint density at radius 3 is 2.79 bits per heavy atom. The van der Waals surface area contributed by atoms with Crippen molar-refractivity contribution in [2.24, 2.45) is 17.6 Å². The fourth-order valence-corrected chi connectivity index (χ4v) is 2.38. The fraction of sp³-hybridized carbons (Fsp3) is 0.538. The molecule has 0 saturated heterocycles. The van der Waals surface area contributed by atoms with Gasteiger partial charge in [0.05, 0.1) is 0 Å².